The summed E-state index contributed by atoms with van der Waals surface area (Å²) in [5, 5.41) is 7.82. The predicted octanol–water partition coefficient (Wildman–Crippen LogP) is 0.509. The topological polar surface area (TPSA) is 94.5 Å². The Balaban J connectivity index is 3.08. The van der Waals surface area contributed by atoms with E-state index in [2.05, 4.69) is 26.4 Å². The Labute approximate surface area is 74.8 Å². The van der Waals surface area contributed by atoms with Crippen molar-refractivity contribution in [3.8, 4) is 0 Å². The first-order valence-electron chi connectivity index (χ1n) is 3.33. The van der Waals surface area contributed by atoms with Gasteiger partial charge < -0.3 is 14.7 Å². The van der Waals surface area contributed by atoms with Gasteiger partial charge in [-0.15, -0.1) is 0 Å². The molecule has 0 atom stereocenters. The van der Waals surface area contributed by atoms with E-state index >= 15 is 0 Å². The van der Waals surface area contributed by atoms with Crippen molar-refractivity contribution in [2.45, 2.75) is 6.42 Å². The van der Waals surface area contributed by atoms with Gasteiger partial charge in [-0.3, -0.25) is 4.57 Å². The average molecular weight is 214 g/mol. The van der Waals surface area contributed by atoms with Gasteiger partial charge in [-0.1, -0.05) is 6.58 Å². The fraction of sp³-hybridized carbons (Fsp3) is 0.600. The van der Waals surface area contributed by atoms with Gasteiger partial charge in [0.2, 0.25) is 0 Å². The number of rotatable bonds is 8. The van der Waals surface area contributed by atoms with E-state index in [9.17, 15) is 4.57 Å². The maximum Gasteiger partial charge on any atom is 0.325 e. The molecule has 0 heterocycles. The first-order valence-corrected chi connectivity index (χ1v) is 5.13. The standard InChI is InChI=1S/C5H11O7P/c1-2-9-11-12-10-4-3-5-13(6,7)8/h2H,1,3-5H2,(H2,6,7,8). The van der Waals surface area contributed by atoms with Gasteiger partial charge in [0, 0.05) is 5.04 Å². The monoisotopic (exact) mass is 214 g/mol. The second-order valence-corrected chi connectivity index (χ2v) is 3.74. The minimum atomic E-state index is -3.95. The summed E-state index contributed by atoms with van der Waals surface area (Å²) in [6, 6.07) is 0. The van der Waals surface area contributed by atoms with Gasteiger partial charge in [0.1, 0.15) is 6.26 Å². The van der Waals surface area contributed by atoms with Crippen LogP contribution in [-0.2, 0) is 24.4 Å². The third-order valence-corrected chi connectivity index (χ3v) is 1.76. The molecule has 0 amide bonds. The summed E-state index contributed by atoms with van der Waals surface area (Å²) < 4.78 is 10.3. The molecule has 0 saturated heterocycles. The summed E-state index contributed by atoms with van der Waals surface area (Å²) in [4.78, 5) is 25.1. The molecule has 0 radical (unpaired) electrons. The molecule has 0 aromatic rings. The van der Waals surface area contributed by atoms with Crippen LogP contribution in [0.5, 0.6) is 0 Å². The van der Waals surface area contributed by atoms with E-state index in [1.165, 1.54) is 0 Å². The molecule has 0 saturated carbocycles. The zero-order valence-corrected chi connectivity index (χ0v) is 7.68. The lowest BCUT2D eigenvalue weighted by atomic mass is 10.5. The predicted molar refractivity (Wildman–Crippen MR) is 40.9 cm³/mol. The highest BCUT2D eigenvalue weighted by Gasteiger charge is 2.11. The average Bonchev–Trinajstić information content (AvgIpc) is 2.01. The van der Waals surface area contributed by atoms with Crippen LogP contribution < -0.4 is 0 Å². The Bertz CT molecular complexity index is 176. The van der Waals surface area contributed by atoms with Crippen LogP contribution >= 0.6 is 7.60 Å². The van der Waals surface area contributed by atoms with E-state index in [0.29, 0.717) is 0 Å². The van der Waals surface area contributed by atoms with Crippen molar-refractivity contribution in [2.75, 3.05) is 12.8 Å². The SMILES string of the molecule is C=COOOOCCCP(=O)(O)O. The lowest BCUT2D eigenvalue weighted by molar-refractivity contribution is -0.621. The zero-order chi connectivity index (χ0) is 10.2. The fourth-order valence-corrected chi connectivity index (χ4v) is 0.968. The molecule has 0 spiro atoms. The zero-order valence-electron chi connectivity index (χ0n) is 6.79. The second-order valence-electron chi connectivity index (χ2n) is 1.96. The minimum Gasteiger partial charge on any atom is -0.324 e. The van der Waals surface area contributed by atoms with E-state index in [0.717, 1.165) is 6.26 Å². The molecule has 0 aliphatic rings. The number of hydrogen-bond donors (Lipinski definition) is 2. The maximum absolute atomic E-state index is 10.3. The molecule has 0 fully saturated rings. The molecule has 0 bridgehead atoms. The Hall–Kier alpha value is -0.430. The molecule has 0 unspecified atom stereocenters. The first-order chi connectivity index (χ1) is 6.06. The van der Waals surface area contributed by atoms with Gasteiger partial charge >= 0.3 is 7.60 Å². The molecule has 2 N–H and O–H groups in total. The highest BCUT2D eigenvalue weighted by atomic mass is 31.2. The second kappa shape index (κ2) is 7.02. The lowest BCUT2D eigenvalue weighted by Crippen LogP contribution is -2.00. The molecule has 0 aliphatic carbocycles. The maximum atomic E-state index is 10.3. The third-order valence-electron chi connectivity index (χ3n) is 0.860. The Kier molecular flexibility index (Phi) is 6.79. The molecular weight excluding hydrogens is 203 g/mol. The van der Waals surface area contributed by atoms with Gasteiger partial charge in [-0.2, -0.15) is 0 Å². The summed E-state index contributed by atoms with van der Waals surface area (Å²) >= 11 is 0. The summed E-state index contributed by atoms with van der Waals surface area (Å²) in [5.74, 6) is 0. The van der Waals surface area contributed by atoms with Crippen LogP contribution in [-0.4, -0.2) is 22.6 Å². The summed E-state index contributed by atoms with van der Waals surface area (Å²) in [6.07, 6.45) is 0.861. The fourth-order valence-electron chi connectivity index (χ4n) is 0.427. The largest absolute Gasteiger partial charge is 0.325 e. The van der Waals surface area contributed by atoms with E-state index in [1.54, 1.807) is 0 Å². The van der Waals surface area contributed by atoms with Crippen molar-refractivity contribution in [2.24, 2.45) is 0 Å². The van der Waals surface area contributed by atoms with Gasteiger partial charge in [-0.25, -0.2) is 4.89 Å². The van der Waals surface area contributed by atoms with Crippen LogP contribution in [0.3, 0.4) is 0 Å². The number of hydrogen-bond acceptors (Lipinski definition) is 5. The van der Waals surface area contributed by atoms with Crippen LogP contribution in [0.1, 0.15) is 6.42 Å². The van der Waals surface area contributed by atoms with Crippen molar-refractivity contribution in [1.82, 2.24) is 0 Å². The third kappa shape index (κ3) is 11.6. The van der Waals surface area contributed by atoms with Crippen LogP contribution in [0.15, 0.2) is 12.8 Å². The van der Waals surface area contributed by atoms with Crippen LogP contribution in [0.25, 0.3) is 0 Å². The van der Waals surface area contributed by atoms with Gasteiger partial charge in [0.05, 0.1) is 12.8 Å². The van der Waals surface area contributed by atoms with Crippen molar-refractivity contribution in [1.29, 1.82) is 0 Å². The van der Waals surface area contributed by atoms with Crippen LogP contribution in [0, 0.1) is 0 Å². The molecule has 0 aliphatic heterocycles. The van der Waals surface area contributed by atoms with Crippen molar-refractivity contribution in [3.63, 3.8) is 0 Å². The van der Waals surface area contributed by atoms with Crippen molar-refractivity contribution >= 4 is 7.60 Å². The smallest absolute Gasteiger partial charge is 0.324 e. The van der Waals surface area contributed by atoms with Gasteiger partial charge in [0.15, 0.2) is 0 Å². The Morgan fingerprint density at radius 1 is 1.38 bits per heavy atom. The highest BCUT2D eigenvalue weighted by molar-refractivity contribution is 7.51. The first kappa shape index (κ1) is 12.6. The van der Waals surface area contributed by atoms with Gasteiger partial charge in [-0.05, 0) is 11.5 Å². The highest BCUT2D eigenvalue weighted by Crippen LogP contribution is 2.34. The lowest BCUT2D eigenvalue weighted by Gasteiger charge is -2.02. The molecule has 7 nitrogen and oxygen atoms in total. The van der Waals surface area contributed by atoms with Crippen LogP contribution in [0.2, 0.25) is 0 Å². The quantitative estimate of drug-likeness (QED) is 0.200. The molecule has 0 rings (SSSR count). The Morgan fingerprint density at radius 3 is 2.62 bits per heavy atom. The molecular formula is C5H11O7P. The van der Waals surface area contributed by atoms with E-state index in [1.807, 2.05) is 0 Å². The van der Waals surface area contributed by atoms with Gasteiger partial charge in [0.25, 0.3) is 0 Å². The van der Waals surface area contributed by atoms with Crippen molar-refractivity contribution in [3.05, 3.63) is 12.8 Å². The Morgan fingerprint density at radius 2 is 2.08 bits per heavy atom. The minimum absolute atomic E-state index is 0.00832. The van der Waals surface area contributed by atoms with E-state index in [4.69, 9.17) is 9.79 Å². The van der Waals surface area contributed by atoms with E-state index in [-0.39, 0.29) is 19.2 Å². The van der Waals surface area contributed by atoms with E-state index < -0.39 is 7.60 Å². The molecule has 0 aromatic carbocycles. The van der Waals surface area contributed by atoms with Crippen LogP contribution in [0.4, 0.5) is 0 Å². The summed E-state index contributed by atoms with van der Waals surface area (Å²) in [7, 11) is -3.95. The molecule has 0 aromatic heterocycles. The normalized spacial score (nSPS) is 11.2. The molecule has 78 valence electrons. The van der Waals surface area contributed by atoms with Crippen molar-refractivity contribution < 1.29 is 34.2 Å². The molecule has 8 heteroatoms. The summed E-state index contributed by atoms with van der Waals surface area (Å²) in [5.41, 5.74) is 0. The molecule has 13 heavy (non-hydrogen) atoms. The summed E-state index contributed by atoms with van der Waals surface area (Å²) in [6.45, 7) is 3.13.